The van der Waals surface area contributed by atoms with Gasteiger partial charge in [0.1, 0.15) is 0 Å². The fraction of sp³-hybridized carbons (Fsp3) is 0.545. The third-order valence-electron chi connectivity index (χ3n) is 5.33. The molecule has 1 aliphatic carbocycles. The van der Waals surface area contributed by atoms with Crippen LogP contribution in [0.15, 0.2) is 42.6 Å². The molecule has 0 atom stereocenters. The van der Waals surface area contributed by atoms with Gasteiger partial charge in [0.05, 0.1) is 5.69 Å². The van der Waals surface area contributed by atoms with Crippen LogP contribution < -0.4 is 4.90 Å². The van der Waals surface area contributed by atoms with E-state index in [1.807, 2.05) is 52.2 Å². The lowest BCUT2D eigenvalue weighted by molar-refractivity contribution is -0.123. The van der Waals surface area contributed by atoms with E-state index in [1.165, 1.54) is 38.5 Å². The van der Waals surface area contributed by atoms with E-state index in [1.54, 1.807) is 0 Å². The molecule has 26 heavy (non-hydrogen) atoms. The molecule has 3 rings (SSSR count). The molecule has 4 nitrogen and oxygen atoms in total. The number of unbranched alkanes of at least 4 members (excludes halogenated alkanes) is 3. The maximum absolute atomic E-state index is 13.2. The van der Waals surface area contributed by atoms with E-state index in [0.717, 1.165) is 37.3 Å². The molecule has 0 aliphatic heterocycles. The highest BCUT2D eigenvalue weighted by molar-refractivity contribution is 5.94. The molecule has 0 N–H and O–H groups in total. The lowest BCUT2D eigenvalue weighted by atomic mass is 9.88. The topological polar surface area (TPSA) is 38.1 Å². The minimum atomic E-state index is 0.178. The van der Waals surface area contributed by atoms with Crippen LogP contribution in [0, 0.1) is 5.92 Å². The Morgan fingerprint density at radius 1 is 1.08 bits per heavy atom. The van der Waals surface area contributed by atoms with Crippen molar-refractivity contribution in [3.05, 3.63) is 42.6 Å². The molecule has 2 aromatic rings. The molecular weight excluding hydrogens is 322 g/mol. The average Bonchev–Trinajstić information content (AvgIpc) is 3.19. The highest BCUT2D eigenvalue weighted by Crippen LogP contribution is 2.27. The van der Waals surface area contributed by atoms with E-state index in [-0.39, 0.29) is 11.8 Å². The summed E-state index contributed by atoms with van der Waals surface area (Å²) in [7, 11) is 0. The zero-order valence-electron chi connectivity index (χ0n) is 15.9. The van der Waals surface area contributed by atoms with E-state index < -0.39 is 0 Å². The number of para-hydroxylation sites is 1. The predicted octanol–water partition coefficient (Wildman–Crippen LogP) is 5.37. The lowest BCUT2D eigenvalue weighted by Crippen LogP contribution is -2.38. The van der Waals surface area contributed by atoms with Gasteiger partial charge in [-0.05, 0) is 31.4 Å². The SMILES string of the molecule is CCCCCCN(C(=O)C1CCCCC1)c1ccn(-c2ccccc2)n1. The van der Waals surface area contributed by atoms with Crippen molar-refractivity contribution in [2.45, 2.75) is 64.7 Å². The van der Waals surface area contributed by atoms with Crippen molar-refractivity contribution in [1.82, 2.24) is 9.78 Å². The molecule has 0 spiro atoms. The molecule has 0 radical (unpaired) electrons. The summed E-state index contributed by atoms with van der Waals surface area (Å²) in [5.74, 6) is 1.25. The van der Waals surface area contributed by atoms with Gasteiger partial charge in [-0.25, -0.2) is 4.68 Å². The van der Waals surface area contributed by atoms with Crippen LogP contribution in [0.3, 0.4) is 0 Å². The van der Waals surface area contributed by atoms with E-state index in [9.17, 15) is 4.79 Å². The zero-order chi connectivity index (χ0) is 18.2. The van der Waals surface area contributed by atoms with E-state index in [2.05, 4.69) is 6.92 Å². The van der Waals surface area contributed by atoms with Crippen LogP contribution in [0.2, 0.25) is 0 Å². The van der Waals surface area contributed by atoms with Gasteiger partial charge in [0.2, 0.25) is 5.91 Å². The molecule has 1 aliphatic rings. The molecule has 0 bridgehead atoms. The highest BCUT2D eigenvalue weighted by atomic mass is 16.2. The normalized spacial score (nSPS) is 15.1. The Kier molecular flexibility index (Phi) is 6.87. The Balaban J connectivity index is 1.75. The summed E-state index contributed by atoms with van der Waals surface area (Å²) in [5, 5.41) is 4.72. The van der Waals surface area contributed by atoms with Gasteiger partial charge in [0.25, 0.3) is 0 Å². The van der Waals surface area contributed by atoms with Crippen molar-refractivity contribution >= 4 is 11.7 Å². The van der Waals surface area contributed by atoms with Crippen molar-refractivity contribution < 1.29 is 4.79 Å². The molecular formula is C22H31N3O. The van der Waals surface area contributed by atoms with Crippen LogP contribution in [0.1, 0.15) is 64.7 Å². The summed E-state index contributed by atoms with van der Waals surface area (Å²) < 4.78 is 1.86. The number of rotatable bonds is 8. The first-order chi connectivity index (χ1) is 12.8. The Morgan fingerprint density at radius 2 is 1.85 bits per heavy atom. The number of carbonyl (C=O) groups is 1. The third-order valence-corrected chi connectivity index (χ3v) is 5.33. The van der Waals surface area contributed by atoms with Crippen LogP contribution in [-0.4, -0.2) is 22.2 Å². The number of anilines is 1. The number of amides is 1. The predicted molar refractivity (Wildman–Crippen MR) is 107 cm³/mol. The number of aromatic nitrogens is 2. The first-order valence-corrected chi connectivity index (χ1v) is 10.2. The summed E-state index contributed by atoms with van der Waals surface area (Å²) >= 11 is 0. The summed E-state index contributed by atoms with van der Waals surface area (Å²) in [6.07, 6.45) is 12.3. The second-order valence-electron chi connectivity index (χ2n) is 7.34. The molecule has 1 aromatic heterocycles. The number of hydrogen-bond donors (Lipinski definition) is 0. The maximum atomic E-state index is 13.2. The van der Waals surface area contributed by atoms with Gasteiger partial charge in [-0.3, -0.25) is 9.69 Å². The van der Waals surface area contributed by atoms with Gasteiger partial charge < -0.3 is 0 Å². The Morgan fingerprint density at radius 3 is 2.58 bits per heavy atom. The maximum Gasteiger partial charge on any atom is 0.231 e. The first-order valence-electron chi connectivity index (χ1n) is 10.2. The smallest absolute Gasteiger partial charge is 0.231 e. The molecule has 0 unspecified atom stereocenters. The van der Waals surface area contributed by atoms with Gasteiger partial charge in [-0.15, -0.1) is 5.10 Å². The Labute approximate surface area is 157 Å². The van der Waals surface area contributed by atoms with Crippen molar-refractivity contribution in [2.75, 3.05) is 11.4 Å². The van der Waals surface area contributed by atoms with Crippen LogP contribution in [0.4, 0.5) is 5.82 Å². The van der Waals surface area contributed by atoms with E-state index >= 15 is 0 Å². The molecule has 1 saturated carbocycles. The van der Waals surface area contributed by atoms with Crippen molar-refractivity contribution in [1.29, 1.82) is 0 Å². The van der Waals surface area contributed by atoms with Gasteiger partial charge >= 0.3 is 0 Å². The summed E-state index contributed by atoms with van der Waals surface area (Å²) in [4.78, 5) is 15.1. The third kappa shape index (κ3) is 4.75. The minimum Gasteiger partial charge on any atom is -0.295 e. The van der Waals surface area contributed by atoms with Gasteiger partial charge in [0, 0.05) is 24.7 Å². The standard InChI is InChI=1S/C22H31N3O/c1-2-3-4-11-17-24(22(26)19-12-7-5-8-13-19)21-16-18-25(23-21)20-14-9-6-10-15-20/h6,9-10,14-16,18-19H,2-5,7-8,11-13,17H2,1H3. The molecule has 4 heteroatoms. The minimum absolute atomic E-state index is 0.178. The molecule has 0 saturated heterocycles. The fourth-order valence-electron chi connectivity index (χ4n) is 3.79. The molecule has 1 heterocycles. The Hall–Kier alpha value is -2.10. The Bertz CT molecular complexity index is 674. The first kappa shape index (κ1) is 18.7. The zero-order valence-corrected chi connectivity index (χ0v) is 15.9. The lowest BCUT2D eigenvalue weighted by Gasteiger charge is -2.28. The van der Waals surface area contributed by atoms with E-state index in [4.69, 9.17) is 5.10 Å². The summed E-state index contributed by atoms with van der Waals surface area (Å²) in [6, 6.07) is 12.1. The number of hydrogen-bond acceptors (Lipinski definition) is 2. The second kappa shape index (κ2) is 9.56. The van der Waals surface area contributed by atoms with Crippen molar-refractivity contribution in [3.63, 3.8) is 0 Å². The van der Waals surface area contributed by atoms with Crippen LogP contribution in [-0.2, 0) is 4.79 Å². The number of benzene rings is 1. The van der Waals surface area contributed by atoms with Gasteiger partial charge in [-0.2, -0.15) is 0 Å². The molecule has 1 aromatic carbocycles. The second-order valence-corrected chi connectivity index (χ2v) is 7.34. The van der Waals surface area contributed by atoms with E-state index in [0.29, 0.717) is 0 Å². The van der Waals surface area contributed by atoms with Gasteiger partial charge in [0.15, 0.2) is 5.82 Å². The van der Waals surface area contributed by atoms with Crippen LogP contribution in [0.5, 0.6) is 0 Å². The number of carbonyl (C=O) groups excluding carboxylic acids is 1. The fourth-order valence-corrected chi connectivity index (χ4v) is 3.79. The average molecular weight is 354 g/mol. The molecule has 1 amide bonds. The monoisotopic (exact) mass is 353 g/mol. The highest BCUT2D eigenvalue weighted by Gasteiger charge is 2.27. The number of nitrogens with zero attached hydrogens (tertiary/aromatic N) is 3. The van der Waals surface area contributed by atoms with Crippen LogP contribution in [0.25, 0.3) is 5.69 Å². The summed E-state index contributed by atoms with van der Waals surface area (Å²) in [6.45, 7) is 2.99. The molecule has 1 fully saturated rings. The largest absolute Gasteiger partial charge is 0.295 e. The van der Waals surface area contributed by atoms with Crippen molar-refractivity contribution in [2.24, 2.45) is 5.92 Å². The molecule has 140 valence electrons. The van der Waals surface area contributed by atoms with Crippen molar-refractivity contribution in [3.8, 4) is 5.69 Å². The quantitative estimate of drug-likeness (QED) is 0.599. The summed E-state index contributed by atoms with van der Waals surface area (Å²) in [5.41, 5.74) is 1.02. The van der Waals surface area contributed by atoms with Crippen LogP contribution >= 0.6 is 0 Å². The van der Waals surface area contributed by atoms with Gasteiger partial charge in [-0.1, -0.05) is 63.6 Å².